The van der Waals surface area contributed by atoms with E-state index in [1.165, 1.54) is 17.7 Å². The summed E-state index contributed by atoms with van der Waals surface area (Å²) >= 11 is 8.00. The van der Waals surface area contributed by atoms with Gasteiger partial charge in [-0.2, -0.15) is 5.10 Å². The zero-order valence-electron chi connectivity index (χ0n) is 22.1. The smallest absolute Gasteiger partial charge is 0.220 e. The second-order valence-electron chi connectivity index (χ2n) is 10.7. The van der Waals surface area contributed by atoms with Crippen LogP contribution in [0.2, 0.25) is 4.34 Å². The van der Waals surface area contributed by atoms with Gasteiger partial charge in [0, 0.05) is 58.2 Å². The number of nitrogens with two attached hydrogens (primary N) is 1. The molecule has 3 aliphatic heterocycles. The van der Waals surface area contributed by atoms with Crippen LogP contribution in [0.5, 0.6) is 5.75 Å². The van der Waals surface area contributed by atoms with E-state index in [9.17, 15) is 9.18 Å². The number of amides is 1. The van der Waals surface area contributed by atoms with Crippen molar-refractivity contribution < 1.29 is 13.9 Å². The molecule has 0 bridgehead atoms. The maximum Gasteiger partial charge on any atom is 0.220 e. The Morgan fingerprint density at radius 3 is 2.87 bits per heavy atom. The lowest BCUT2D eigenvalue weighted by molar-refractivity contribution is -0.127. The first-order valence-electron chi connectivity index (χ1n) is 13.4. The predicted molar refractivity (Wildman–Crippen MR) is 153 cm³/mol. The summed E-state index contributed by atoms with van der Waals surface area (Å²) in [5.41, 5.74) is 10.1. The molecule has 1 amide bonds. The zero-order valence-corrected chi connectivity index (χ0v) is 23.7. The number of fused-ring (bicyclic) bond motifs is 1. The van der Waals surface area contributed by atoms with Gasteiger partial charge in [0.1, 0.15) is 29.9 Å². The van der Waals surface area contributed by atoms with Gasteiger partial charge in [-0.25, -0.2) is 13.9 Å². The first-order valence-corrected chi connectivity index (χ1v) is 14.6. The fourth-order valence-corrected chi connectivity index (χ4v) is 7.27. The van der Waals surface area contributed by atoms with Crippen LogP contribution in [0.4, 0.5) is 15.9 Å². The minimum atomic E-state index is -1.03. The molecule has 3 atom stereocenters. The highest BCUT2D eigenvalue weighted by molar-refractivity contribution is 7.16. The van der Waals surface area contributed by atoms with Gasteiger partial charge in [0.25, 0.3) is 0 Å². The molecule has 0 spiro atoms. The fourth-order valence-electron chi connectivity index (χ4n) is 5.98. The first kappa shape index (κ1) is 26.3. The number of likely N-dealkylation sites (tertiary alicyclic amines) is 1. The van der Waals surface area contributed by atoms with Crippen LogP contribution in [0.15, 0.2) is 24.5 Å². The number of halogens is 2. The predicted octanol–water partition coefficient (Wildman–Crippen LogP) is 4.08. The second-order valence-corrected chi connectivity index (χ2v) is 12.5. The Kier molecular flexibility index (Phi) is 7.15. The van der Waals surface area contributed by atoms with Crippen molar-refractivity contribution in [3.63, 3.8) is 0 Å². The number of hydrogen-bond acceptors (Lipinski definition) is 8. The van der Waals surface area contributed by atoms with Crippen molar-refractivity contribution in [2.75, 3.05) is 56.9 Å². The topological polar surface area (TPSA) is 92.2 Å². The third kappa shape index (κ3) is 5.07. The Hall–Kier alpha value is -2.89. The van der Waals surface area contributed by atoms with E-state index in [0.717, 1.165) is 59.8 Å². The van der Waals surface area contributed by atoms with Crippen LogP contribution in [-0.4, -0.2) is 88.9 Å². The molecule has 0 radical (unpaired) electrons. The summed E-state index contributed by atoms with van der Waals surface area (Å²) in [5, 5.41) is 4.52. The van der Waals surface area contributed by atoms with Gasteiger partial charge in [0.15, 0.2) is 5.82 Å². The highest BCUT2D eigenvalue weighted by Crippen LogP contribution is 2.44. The van der Waals surface area contributed by atoms with Gasteiger partial charge in [-0.3, -0.25) is 4.79 Å². The van der Waals surface area contributed by atoms with Gasteiger partial charge in [0.2, 0.25) is 5.91 Å². The molecule has 0 aliphatic carbocycles. The van der Waals surface area contributed by atoms with Gasteiger partial charge in [0.05, 0.1) is 20.6 Å². The minimum Gasteiger partial charge on any atom is -0.486 e. The standard InChI is InChI=1S/C27H33ClFN7O2S/c1-16(37)34-9-5-17(12-34)20-10-21(25-27(30)31-15-32-36(20)25)35-7-3-4-18(13-35)26-23(11-24(28)39-26)38-22-6-8-33(2)14-19(22)29/h5,10-11,15,18-19,22H,3-4,6-9,12-14H2,1-2H3,(H2,30,31,32). The number of hydrogen-bond donors (Lipinski definition) is 1. The minimum absolute atomic E-state index is 0.0438. The number of ether oxygens (including phenoxy) is 1. The van der Waals surface area contributed by atoms with E-state index in [2.05, 4.69) is 27.1 Å². The average Bonchev–Trinajstić information content (AvgIpc) is 3.63. The van der Waals surface area contributed by atoms with Crippen LogP contribution in [0, 0.1) is 0 Å². The summed E-state index contributed by atoms with van der Waals surface area (Å²) in [4.78, 5) is 23.4. The summed E-state index contributed by atoms with van der Waals surface area (Å²) in [6.45, 7) is 5.49. The van der Waals surface area contributed by atoms with Gasteiger partial charge >= 0.3 is 0 Å². The van der Waals surface area contributed by atoms with E-state index in [4.69, 9.17) is 22.1 Å². The van der Waals surface area contributed by atoms with Gasteiger partial charge in [-0.1, -0.05) is 17.7 Å². The van der Waals surface area contributed by atoms with Gasteiger partial charge < -0.3 is 25.2 Å². The first-order chi connectivity index (χ1) is 18.8. The van der Waals surface area contributed by atoms with Crippen LogP contribution in [0.25, 0.3) is 11.1 Å². The van der Waals surface area contributed by atoms with Crippen LogP contribution >= 0.6 is 22.9 Å². The molecule has 9 nitrogen and oxygen atoms in total. The van der Waals surface area contributed by atoms with E-state index < -0.39 is 12.3 Å². The normalized spacial score (nSPS) is 24.4. The molecule has 3 aromatic heterocycles. The number of alkyl halides is 1. The molecule has 208 valence electrons. The molecular weight excluding hydrogens is 541 g/mol. The molecule has 6 rings (SSSR count). The molecule has 3 aliphatic rings. The Morgan fingerprint density at radius 1 is 1.26 bits per heavy atom. The molecule has 12 heteroatoms. The van der Waals surface area contributed by atoms with Crippen LogP contribution < -0.4 is 15.4 Å². The highest BCUT2D eigenvalue weighted by atomic mass is 35.5. The molecular formula is C27H33ClFN7O2S. The Labute approximate surface area is 236 Å². The molecule has 0 aromatic carbocycles. The SMILES string of the molecule is CC(=O)N1CC=C(c2cc(N3CCCC(c4sc(Cl)cc4OC4CCN(C)CC4F)C3)c3c(N)ncnn23)C1. The number of carbonyl (C=O) groups excluding carboxylic acids is 1. The average molecular weight is 574 g/mol. The summed E-state index contributed by atoms with van der Waals surface area (Å²) in [6.07, 6.45) is 4.65. The lowest BCUT2D eigenvalue weighted by Crippen LogP contribution is -2.45. The van der Waals surface area contributed by atoms with E-state index in [1.54, 1.807) is 11.8 Å². The van der Waals surface area contributed by atoms with Crippen molar-refractivity contribution >= 4 is 51.4 Å². The Morgan fingerprint density at radius 2 is 2.10 bits per heavy atom. The lowest BCUT2D eigenvalue weighted by atomic mass is 9.95. The van der Waals surface area contributed by atoms with Crippen molar-refractivity contribution in [2.24, 2.45) is 0 Å². The third-order valence-corrected chi connectivity index (χ3v) is 9.45. The quantitative estimate of drug-likeness (QED) is 0.492. The van der Waals surface area contributed by atoms with Crippen molar-refractivity contribution in [1.82, 2.24) is 24.4 Å². The van der Waals surface area contributed by atoms with E-state index in [-0.39, 0.29) is 11.8 Å². The fraction of sp³-hybridized carbons (Fsp3) is 0.519. The van der Waals surface area contributed by atoms with Crippen LogP contribution in [0.3, 0.4) is 0 Å². The number of anilines is 2. The Balaban J connectivity index is 1.28. The van der Waals surface area contributed by atoms with Crippen molar-refractivity contribution in [3.05, 3.63) is 39.4 Å². The van der Waals surface area contributed by atoms with Crippen molar-refractivity contribution in [3.8, 4) is 5.75 Å². The number of thiophene rings is 1. The molecule has 0 saturated carbocycles. The number of piperidine rings is 2. The molecule has 2 saturated heterocycles. The second kappa shape index (κ2) is 10.6. The van der Waals surface area contributed by atoms with Crippen molar-refractivity contribution in [2.45, 2.75) is 44.4 Å². The van der Waals surface area contributed by atoms with Gasteiger partial charge in [-0.05, 0) is 37.9 Å². The lowest BCUT2D eigenvalue weighted by Gasteiger charge is -2.35. The molecule has 3 unspecified atom stereocenters. The van der Waals surface area contributed by atoms with Crippen LogP contribution in [0.1, 0.15) is 42.7 Å². The van der Waals surface area contributed by atoms with E-state index in [1.807, 2.05) is 22.5 Å². The largest absolute Gasteiger partial charge is 0.486 e. The molecule has 2 fully saturated rings. The summed E-state index contributed by atoms with van der Waals surface area (Å²) in [5.74, 6) is 1.34. The Bertz CT molecular complexity index is 1420. The number of nitrogen functional groups attached to an aromatic ring is 1. The maximum absolute atomic E-state index is 14.8. The molecule has 6 heterocycles. The zero-order chi connectivity index (χ0) is 27.3. The van der Waals surface area contributed by atoms with Crippen LogP contribution in [-0.2, 0) is 4.79 Å². The monoisotopic (exact) mass is 573 g/mol. The maximum atomic E-state index is 14.8. The number of rotatable bonds is 5. The van der Waals surface area contributed by atoms with E-state index >= 15 is 0 Å². The van der Waals surface area contributed by atoms with Crippen molar-refractivity contribution in [1.29, 1.82) is 0 Å². The number of aromatic nitrogens is 3. The number of carbonyl (C=O) groups is 1. The molecule has 39 heavy (non-hydrogen) atoms. The number of nitrogens with zero attached hydrogens (tertiary/aromatic N) is 6. The summed E-state index contributed by atoms with van der Waals surface area (Å²) < 4.78 is 23.5. The van der Waals surface area contributed by atoms with Gasteiger partial charge in [-0.15, -0.1) is 11.3 Å². The summed E-state index contributed by atoms with van der Waals surface area (Å²) in [7, 11) is 1.93. The highest BCUT2D eigenvalue weighted by Gasteiger charge is 2.33. The summed E-state index contributed by atoms with van der Waals surface area (Å²) in [6, 6.07) is 3.96. The molecule has 3 aromatic rings. The van der Waals surface area contributed by atoms with E-state index in [0.29, 0.717) is 42.0 Å². The third-order valence-electron chi connectivity index (χ3n) is 8.05. The molecule has 2 N–H and O–H groups in total.